The molecule has 0 unspecified atom stereocenters. The van der Waals surface area contributed by atoms with Crippen molar-refractivity contribution in [1.29, 1.82) is 0 Å². The van der Waals surface area contributed by atoms with E-state index in [4.69, 9.17) is 11.6 Å². The topological polar surface area (TPSA) is 44.1 Å². The summed E-state index contributed by atoms with van der Waals surface area (Å²) in [5.74, 6) is -0.459. The van der Waals surface area contributed by atoms with Crippen molar-refractivity contribution >= 4 is 17.6 Å². The van der Waals surface area contributed by atoms with Gasteiger partial charge in [-0.25, -0.2) is 9.48 Å². The van der Waals surface area contributed by atoms with Crippen molar-refractivity contribution in [3.05, 3.63) is 46.7 Å². The first kappa shape index (κ1) is 11.7. The third kappa shape index (κ3) is 2.17. The van der Waals surface area contributed by atoms with Gasteiger partial charge in [-0.15, -0.1) is 0 Å². The number of esters is 1. The zero-order valence-electron chi connectivity index (χ0n) is 9.48. The Balaban J connectivity index is 2.50. The number of aryl methyl sites for hydroxylation is 1. The Morgan fingerprint density at radius 3 is 2.76 bits per heavy atom. The molecule has 0 saturated carbocycles. The Bertz CT molecular complexity index is 563. The van der Waals surface area contributed by atoms with Crippen LogP contribution in [0.15, 0.2) is 30.3 Å². The highest BCUT2D eigenvalue weighted by Crippen LogP contribution is 2.21. The Kier molecular flexibility index (Phi) is 3.15. The maximum atomic E-state index is 11.4. The second-order valence-corrected chi connectivity index (χ2v) is 3.93. The van der Waals surface area contributed by atoms with E-state index in [0.29, 0.717) is 5.02 Å². The first-order valence-electron chi connectivity index (χ1n) is 5.03. The van der Waals surface area contributed by atoms with Crippen molar-refractivity contribution < 1.29 is 9.53 Å². The Morgan fingerprint density at radius 2 is 2.12 bits per heavy atom. The fraction of sp³-hybridized carbons (Fsp3) is 0.167. The molecule has 0 aliphatic heterocycles. The normalized spacial score (nSPS) is 10.3. The largest absolute Gasteiger partial charge is 0.464 e. The first-order chi connectivity index (χ1) is 8.13. The molecule has 0 aliphatic rings. The van der Waals surface area contributed by atoms with Crippen LogP contribution in [0.2, 0.25) is 5.02 Å². The number of nitrogens with zero attached hydrogens (tertiary/aromatic N) is 2. The highest BCUT2D eigenvalue weighted by molar-refractivity contribution is 6.32. The summed E-state index contributed by atoms with van der Waals surface area (Å²) in [5, 5.41) is 4.75. The van der Waals surface area contributed by atoms with Gasteiger partial charge in [0.15, 0.2) is 5.69 Å². The molecule has 0 saturated heterocycles. The number of para-hydroxylation sites is 1. The van der Waals surface area contributed by atoms with Gasteiger partial charge in [0.25, 0.3) is 0 Å². The number of methoxy groups -OCH3 is 1. The zero-order valence-corrected chi connectivity index (χ0v) is 10.2. The van der Waals surface area contributed by atoms with Gasteiger partial charge in [-0.05, 0) is 25.1 Å². The van der Waals surface area contributed by atoms with Crippen LogP contribution in [-0.2, 0) is 4.74 Å². The molecular weight excluding hydrogens is 240 g/mol. The highest BCUT2D eigenvalue weighted by Gasteiger charge is 2.14. The fourth-order valence-electron chi connectivity index (χ4n) is 1.55. The van der Waals surface area contributed by atoms with E-state index in [1.807, 2.05) is 25.1 Å². The van der Waals surface area contributed by atoms with E-state index >= 15 is 0 Å². The van der Waals surface area contributed by atoms with Crippen molar-refractivity contribution in [1.82, 2.24) is 9.78 Å². The van der Waals surface area contributed by atoms with Crippen molar-refractivity contribution in [3.63, 3.8) is 0 Å². The number of benzene rings is 1. The van der Waals surface area contributed by atoms with Crippen LogP contribution in [0, 0.1) is 6.92 Å². The Hall–Kier alpha value is -1.81. The lowest BCUT2D eigenvalue weighted by atomic mass is 10.3. The molecule has 2 rings (SSSR count). The lowest BCUT2D eigenvalue weighted by molar-refractivity contribution is 0.0593. The smallest absolute Gasteiger partial charge is 0.358 e. The summed E-state index contributed by atoms with van der Waals surface area (Å²) >= 11 is 6.08. The maximum Gasteiger partial charge on any atom is 0.358 e. The number of aromatic nitrogens is 2. The van der Waals surface area contributed by atoms with Gasteiger partial charge in [0, 0.05) is 5.69 Å². The molecule has 0 fully saturated rings. The van der Waals surface area contributed by atoms with Crippen molar-refractivity contribution in [2.24, 2.45) is 0 Å². The van der Waals surface area contributed by atoms with E-state index in [0.717, 1.165) is 11.4 Å². The van der Waals surface area contributed by atoms with Gasteiger partial charge in [-0.2, -0.15) is 5.10 Å². The number of carbonyl (C=O) groups is 1. The molecule has 1 aromatic carbocycles. The SMILES string of the molecule is COC(=O)c1cc(C)n(-c2ccccc2Cl)n1. The molecule has 1 heterocycles. The fourth-order valence-corrected chi connectivity index (χ4v) is 1.76. The number of halogens is 1. The van der Waals surface area contributed by atoms with Crippen LogP contribution in [0.25, 0.3) is 5.69 Å². The van der Waals surface area contributed by atoms with Crippen LogP contribution < -0.4 is 0 Å². The average Bonchev–Trinajstić information content (AvgIpc) is 2.71. The third-order valence-corrected chi connectivity index (χ3v) is 2.68. The van der Waals surface area contributed by atoms with Crippen molar-refractivity contribution in [3.8, 4) is 5.69 Å². The molecule has 0 atom stereocenters. The van der Waals surface area contributed by atoms with Crippen LogP contribution in [0.5, 0.6) is 0 Å². The van der Waals surface area contributed by atoms with Gasteiger partial charge in [0.05, 0.1) is 17.8 Å². The molecule has 5 heteroatoms. The van der Waals surface area contributed by atoms with Crippen LogP contribution in [-0.4, -0.2) is 22.9 Å². The Morgan fingerprint density at radius 1 is 1.41 bits per heavy atom. The van der Waals surface area contributed by atoms with Crippen LogP contribution in [0.1, 0.15) is 16.2 Å². The summed E-state index contributed by atoms with van der Waals surface area (Å²) < 4.78 is 6.24. The number of carbonyl (C=O) groups excluding carboxylic acids is 1. The summed E-state index contributed by atoms with van der Waals surface area (Å²) in [4.78, 5) is 11.4. The van der Waals surface area contributed by atoms with Crippen LogP contribution in [0.3, 0.4) is 0 Å². The second kappa shape index (κ2) is 4.59. The molecule has 0 radical (unpaired) electrons. The molecule has 0 N–H and O–H groups in total. The summed E-state index contributed by atoms with van der Waals surface area (Å²) in [6.45, 7) is 1.85. The standard InChI is InChI=1S/C12H11ClN2O2/c1-8-7-10(12(16)17-2)14-15(8)11-6-4-3-5-9(11)13/h3-7H,1-2H3. The van der Waals surface area contributed by atoms with E-state index < -0.39 is 5.97 Å². The molecule has 4 nitrogen and oxygen atoms in total. The average molecular weight is 251 g/mol. The van der Waals surface area contributed by atoms with Gasteiger partial charge < -0.3 is 4.74 Å². The molecule has 0 aliphatic carbocycles. The zero-order chi connectivity index (χ0) is 12.4. The number of hydrogen-bond donors (Lipinski definition) is 0. The predicted molar refractivity (Wildman–Crippen MR) is 64.7 cm³/mol. The summed E-state index contributed by atoms with van der Waals surface area (Å²) in [6.07, 6.45) is 0. The summed E-state index contributed by atoms with van der Waals surface area (Å²) in [7, 11) is 1.33. The highest BCUT2D eigenvalue weighted by atomic mass is 35.5. The number of rotatable bonds is 2. The number of ether oxygens (including phenoxy) is 1. The molecule has 88 valence electrons. The predicted octanol–water partition coefficient (Wildman–Crippen LogP) is 2.62. The minimum atomic E-state index is -0.459. The summed E-state index contributed by atoms with van der Waals surface area (Å²) in [5.41, 5.74) is 1.82. The molecular formula is C12H11ClN2O2. The van der Waals surface area contributed by atoms with Gasteiger partial charge >= 0.3 is 5.97 Å². The molecule has 0 amide bonds. The first-order valence-corrected chi connectivity index (χ1v) is 5.41. The van der Waals surface area contributed by atoms with Crippen molar-refractivity contribution in [2.75, 3.05) is 7.11 Å². The third-order valence-electron chi connectivity index (χ3n) is 2.36. The summed E-state index contributed by atoms with van der Waals surface area (Å²) in [6, 6.07) is 8.97. The Labute approximate surface area is 104 Å². The van der Waals surface area contributed by atoms with Gasteiger partial charge in [0.2, 0.25) is 0 Å². The minimum Gasteiger partial charge on any atom is -0.464 e. The molecule has 0 bridgehead atoms. The lowest BCUT2D eigenvalue weighted by Crippen LogP contribution is -2.04. The monoisotopic (exact) mass is 250 g/mol. The number of hydrogen-bond acceptors (Lipinski definition) is 3. The van der Waals surface area contributed by atoms with Crippen molar-refractivity contribution in [2.45, 2.75) is 6.92 Å². The van der Waals surface area contributed by atoms with Crippen LogP contribution in [0.4, 0.5) is 0 Å². The van der Waals surface area contributed by atoms with E-state index in [2.05, 4.69) is 9.84 Å². The van der Waals surface area contributed by atoms with Gasteiger partial charge in [-0.3, -0.25) is 0 Å². The molecule has 2 aromatic rings. The molecule has 0 spiro atoms. The quantitative estimate of drug-likeness (QED) is 0.770. The lowest BCUT2D eigenvalue weighted by Gasteiger charge is -2.05. The maximum absolute atomic E-state index is 11.4. The van der Waals surface area contributed by atoms with E-state index in [-0.39, 0.29) is 5.69 Å². The van der Waals surface area contributed by atoms with E-state index in [1.165, 1.54) is 7.11 Å². The van der Waals surface area contributed by atoms with Gasteiger partial charge in [0.1, 0.15) is 0 Å². The second-order valence-electron chi connectivity index (χ2n) is 3.53. The van der Waals surface area contributed by atoms with Gasteiger partial charge in [-0.1, -0.05) is 23.7 Å². The molecule has 17 heavy (non-hydrogen) atoms. The van der Waals surface area contributed by atoms with Crippen LogP contribution >= 0.6 is 11.6 Å². The van der Waals surface area contributed by atoms with E-state index in [1.54, 1.807) is 16.8 Å². The molecule has 1 aromatic heterocycles. The minimum absolute atomic E-state index is 0.268. The van der Waals surface area contributed by atoms with E-state index in [9.17, 15) is 4.79 Å².